The Bertz CT molecular complexity index is 339. The number of rotatable bonds is 1. The summed E-state index contributed by atoms with van der Waals surface area (Å²) in [7, 11) is 0. The van der Waals surface area contributed by atoms with Gasteiger partial charge < -0.3 is 9.84 Å². The molecule has 4 nitrogen and oxygen atoms in total. The second-order valence-corrected chi connectivity index (χ2v) is 4.17. The van der Waals surface area contributed by atoms with Crippen molar-refractivity contribution in [3.63, 3.8) is 0 Å². The molecule has 0 heterocycles. The average Bonchev–Trinajstić information content (AvgIpc) is 2.22. The Morgan fingerprint density at radius 1 is 1.18 bits per heavy atom. The first kappa shape index (κ1) is 15.3. The van der Waals surface area contributed by atoms with E-state index in [1.165, 1.54) is 12.1 Å². The number of nitrogens with one attached hydrogen (secondary N) is 1. The first-order valence-corrected chi connectivity index (χ1v) is 5.66. The smallest absolute Gasteiger partial charge is 0.412 e. The van der Waals surface area contributed by atoms with Gasteiger partial charge in [0.1, 0.15) is 11.4 Å². The third-order valence-electron chi connectivity index (χ3n) is 1.51. The Hall–Kier alpha value is -1.71. The highest BCUT2D eigenvalue weighted by Gasteiger charge is 2.15. The summed E-state index contributed by atoms with van der Waals surface area (Å²) in [5, 5.41) is 11.6. The van der Waals surface area contributed by atoms with Gasteiger partial charge in [-0.15, -0.1) is 0 Å². The summed E-state index contributed by atoms with van der Waals surface area (Å²) in [4.78, 5) is 11.3. The maximum Gasteiger partial charge on any atom is 0.412 e. The fraction of sp³-hybridized carbons (Fsp3) is 0.462. The number of aromatic hydroxyl groups is 1. The van der Waals surface area contributed by atoms with Crippen LogP contribution in [0.1, 0.15) is 34.6 Å². The second kappa shape index (κ2) is 6.78. The van der Waals surface area contributed by atoms with Crippen LogP contribution in [0.3, 0.4) is 0 Å². The molecular weight excluding hydrogens is 218 g/mol. The fourth-order valence-corrected chi connectivity index (χ4v) is 0.966. The van der Waals surface area contributed by atoms with Crippen LogP contribution >= 0.6 is 0 Å². The molecule has 0 unspecified atom stereocenters. The first-order chi connectivity index (χ1) is 7.87. The largest absolute Gasteiger partial charge is 0.508 e. The van der Waals surface area contributed by atoms with E-state index in [2.05, 4.69) is 5.32 Å². The number of phenolic OH excluding ortho intramolecular Hbond substituents is 1. The number of hydrogen-bond acceptors (Lipinski definition) is 3. The summed E-state index contributed by atoms with van der Waals surface area (Å²) in [6.45, 7) is 9.39. The van der Waals surface area contributed by atoms with Crippen LogP contribution in [0, 0.1) is 0 Å². The van der Waals surface area contributed by atoms with E-state index in [1.54, 1.807) is 32.9 Å². The van der Waals surface area contributed by atoms with E-state index in [1.807, 2.05) is 13.8 Å². The molecule has 2 N–H and O–H groups in total. The summed E-state index contributed by atoms with van der Waals surface area (Å²) >= 11 is 0. The average molecular weight is 239 g/mol. The molecule has 1 rings (SSSR count). The van der Waals surface area contributed by atoms with Gasteiger partial charge in [-0.05, 0) is 45.0 Å². The van der Waals surface area contributed by atoms with Gasteiger partial charge in [0.25, 0.3) is 0 Å². The van der Waals surface area contributed by atoms with Crippen molar-refractivity contribution in [1.29, 1.82) is 0 Å². The minimum absolute atomic E-state index is 0.157. The predicted molar refractivity (Wildman–Crippen MR) is 69.3 cm³/mol. The molecule has 0 bridgehead atoms. The molecule has 4 heteroatoms. The molecule has 1 aromatic rings. The lowest BCUT2D eigenvalue weighted by atomic mass is 10.2. The van der Waals surface area contributed by atoms with Gasteiger partial charge in [0.2, 0.25) is 0 Å². The normalized spacial score (nSPS) is 9.94. The quantitative estimate of drug-likeness (QED) is 0.733. The molecule has 0 radical (unpaired) electrons. The van der Waals surface area contributed by atoms with Gasteiger partial charge in [-0.3, -0.25) is 5.32 Å². The number of hydrogen-bond donors (Lipinski definition) is 2. The number of carbonyl (C=O) groups is 1. The molecule has 1 amide bonds. The molecule has 0 saturated heterocycles. The van der Waals surface area contributed by atoms with Gasteiger partial charge >= 0.3 is 6.09 Å². The maximum absolute atomic E-state index is 11.3. The van der Waals surface area contributed by atoms with Crippen molar-refractivity contribution in [2.24, 2.45) is 0 Å². The van der Waals surface area contributed by atoms with Crippen molar-refractivity contribution in [3.8, 4) is 5.75 Å². The summed E-state index contributed by atoms with van der Waals surface area (Å²) in [6.07, 6.45) is -0.506. The maximum atomic E-state index is 11.3. The number of carbonyl (C=O) groups excluding carboxylic acids is 1. The van der Waals surface area contributed by atoms with Crippen LogP contribution < -0.4 is 5.32 Å². The van der Waals surface area contributed by atoms with Crippen molar-refractivity contribution in [2.75, 3.05) is 5.32 Å². The molecule has 0 aliphatic rings. The summed E-state index contributed by atoms with van der Waals surface area (Å²) in [5.74, 6) is 0.157. The molecule has 96 valence electrons. The van der Waals surface area contributed by atoms with Crippen molar-refractivity contribution in [2.45, 2.75) is 40.2 Å². The van der Waals surface area contributed by atoms with Crippen molar-refractivity contribution >= 4 is 11.8 Å². The fourth-order valence-electron chi connectivity index (χ4n) is 0.966. The Labute approximate surface area is 103 Å². The van der Waals surface area contributed by atoms with E-state index in [0.717, 1.165) is 0 Å². The van der Waals surface area contributed by atoms with Gasteiger partial charge in [0, 0.05) is 5.69 Å². The van der Waals surface area contributed by atoms with E-state index < -0.39 is 11.7 Å². The summed E-state index contributed by atoms with van der Waals surface area (Å²) in [5.41, 5.74) is 0.0723. The number of anilines is 1. The highest BCUT2D eigenvalue weighted by Crippen LogP contribution is 2.15. The summed E-state index contributed by atoms with van der Waals surface area (Å²) in [6, 6.07) is 6.18. The zero-order chi connectivity index (χ0) is 13.5. The van der Waals surface area contributed by atoms with E-state index in [0.29, 0.717) is 5.69 Å². The summed E-state index contributed by atoms with van der Waals surface area (Å²) < 4.78 is 5.06. The number of phenols is 1. The van der Waals surface area contributed by atoms with Gasteiger partial charge in [0.05, 0.1) is 0 Å². The molecule has 0 aliphatic heterocycles. The van der Waals surface area contributed by atoms with E-state index in [-0.39, 0.29) is 5.75 Å². The van der Waals surface area contributed by atoms with Crippen LogP contribution in [-0.4, -0.2) is 16.8 Å². The molecule has 0 spiro atoms. The predicted octanol–water partition coefficient (Wildman–Crippen LogP) is 3.77. The van der Waals surface area contributed by atoms with Crippen LogP contribution in [0.2, 0.25) is 0 Å². The molecule has 0 aliphatic carbocycles. The van der Waals surface area contributed by atoms with Crippen molar-refractivity contribution in [1.82, 2.24) is 0 Å². The van der Waals surface area contributed by atoms with Crippen LogP contribution in [0.25, 0.3) is 0 Å². The molecule has 0 fully saturated rings. The minimum Gasteiger partial charge on any atom is -0.508 e. The lowest BCUT2D eigenvalue weighted by Crippen LogP contribution is -2.27. The van der Waals surface area contributed by atoms with Crippen molar-refractivity contribution in [3.05, 3.63) is 24.3 Å². The second-order valence-electron chi connectivity index (χ2n) is 4.17. The molecule has 0 saturated carbocycles. The lowest BCUT2D eigenvalue weighted by Gasteiger charge is -2.19. The van der Waals surface area contributed by atoms with Crippen molar-refractivity contribution < 1.29 is 14.6 Å². The van der Waals surface area contributed by atoms with E-state index in [4.69, 9.17) is 9.84 Å². The molecule has 0 aromatic heterocycles. The number of benzene rings is 1. The monoisotopic (exact) mass is 239 g/mol. The highest BCUT2D eigenvalue weighted by molar-refractivity contribution is 5.84. The Kier molecular flexibility index (Phi) is 6.10. The topological polar surface area (TPSA) is 58.6 Å². The van der Waals surface area contributed by atoms with Gasteiger partial charge in [-0.2, -0.15) is 0 Å². The Morgan fingerprint density at radius 2 is 1.65 bits per heavy atom. The first-order valence-electron chi connectivity index (χ1n) is 5.66. The van der Waals surface area contributed by atoms with Gasteiger partial charge in [-0.1, -0.05) is 13.8 Å². The van der Waals surface area contributed by atoms with Crippen LogP contribution in [0.4, 0.5) is 10.5 Å². The third kappa shape index (κ3) is 7.22. The Balaban J connectivity index is 0.00000121. The highest BCUT2D eigenvalue weighted by atomic mass is 16.6. The lowest BCUT2D eigenvalue weighted by molar-refractivity contribution is 0.0636. The van der Waals surface area contributed by atoms with Crippen LogP contribution in [0.5, 0.6) is 5.75 Å². The SMILES string of the molecule is CC.CC(C)(C)OC(=O)Nc1ccc(O)cc1. The van der Waals surface area contributed by atoms with Crippen LogP contribution in [-0.2, 0) is 4.74 Å². The van der Waals surface area contributed by atoms with Gasteiger partial charge in [0.15, 0.2) is 0 Å². The third-order valence-corrected chi connectivity index (χ3v) is 1.51. The number of ether oxygens (including phenoxy) is 1. The minimum atomic E-state index is -0.513. The zero-order valence-corrected chi connectivity index (χ0v) is 11.1. The van der Waals surface area contributed by atoms with Gasteiger partial charge in [-0.25, -0.2) is 4.79 Å². The van der Waals surface area contributed by atoms with Crippen LogP contribution in [0.15, 0.2) is 24.3 Å². The zero-order valence-electron chi connectivity index (χ0n) is 11.1. The van der Waals surface area contributed by atoms with E-state index in [9.17, 15) is 4.79 Å². The Morgan fingerprint density at radius 3 is 2.06 bits per heavy atom. The molecular formula is C13H21NO3. The molecule has 1 aromatic carbocycles. The van der Waals surface area contributed by atoms with E-state index >= 15 is 0 Å². The number of amides is 1. The standard InChI is InChI=1S/C11H15NO3.C2H6/c1-11(2,3)15-10(14)12-8-4-6-9(13)7-5-8;1-2/h4-7,13H,1-3H3,(H,12,14);1-2H3. The molecule has 0 atom stereocenters. The molecule has 17 heavy (non-hydrogen) atoms.